The van der Waals surface area contributed by atoms with Crippen molar-refractivity contribution in [3.63, 3.8) is 0 Å². The van der Waals surface area contributed by atoms with E-state index in [1.807, 2.05) is 0 Å². The van der Waals surface area contributed by atoms with Crippen molar-refractivity contribution in [3.8, 4) is 0 Å². The number of nitrogens with two attached hydrogens (primary N) is 1. The molecule has 0 spiro atoms. The van der Waals surface area contributed by atoms with Crippen LogP contribution in [-0.2, 0) is 4.79 Å². The highest BCUT2D eigenvalue weighted by Crippen LogP contribution is 2.31. The Morgan fingerprint density at radius 3 is 2.63 bits per heavy atom. The summed E-state index contributed by atoms with van der Waals surface area (Å²) in [5.74, 6) is -0.103. The minimum Gasteiger partial charge on any atom is -0.325 e. The lowest BCUT2D eigenvalue weighted by molar-refractivity contribution is -0.117. The van der Waals surface area contributed by atoms with E-state index in [0.29, 0.717) is 22.2 Å². The van der Waals surface area contributed by atoms with Gasteiger partial charge >= 0.3 is 0 Å². The third-order valence-corrected chi connectivity index (χ3v) is 4.41. The molecule has 0 atom stereocenters. The number of nitrogens with one attached hydrogen (secondary N) is 1. The molecule has 1 aromatic carbocycles. The number of anilines is 1. The second kappa shape index (κ2) is 6.12. The smallest absolute Gasteiger partial charge is 0.226 e. The number of rotatable bonds is 3. The molecular weight excluding hydrogens is 283 g/mol. The van der Waals surface area contributed by atoms with Gasteiger partial charge in [-0.1, -0.05) is 48.5 Å². The summed E-state index contributed by atoms with van der Waals surface area (Å²) in [6.45, 7) is 0. The number of carbonyl (C=O) groups is 1. The number of halogens is 2. The first-order chi connectivity index (χ1) is 9.00. The van der Waals surface area contributed by atoms with Crippen molar-refractivity contribution < 1.29 is 4.79 Å². The Morgan fingerprint density at radius 2 is 1.95 bits per heavy atom. The van der Waals surface area contributed by atoms with Crippen molar-refractivity contribution in [2.75, 3.05) is 5.32 Å². The van der Waals surface area contributed by atoms with Crippen LogP contribution in [-0.4, -0.2) is 11.4 Å². The van der Waals surface area contributed by atoms with Gasteiger partial charge in [0, 0.05) is 12.0 Å². The van der Waals surface area contributed by atoms with E-state index < -0.39 is 0 Å². The zero-order chi connectivity index (χ0) is 13.9. The monoisotopic (exact) mass is 300 g/mol. The minimum absolute atomic E-state index is 0.103. The van der Waals surface area contributed by atoms with Crippen LogP contribution < -0.4 is 11.1 Å². The van der Waals surface area contributed by atoms with E-state index in [1.54, 1.807) is 18.2 Å². The van der Waals surface area contributed by atoms with Crippen LogP contribution in [0, 0.1) is 0 Å². The SMILES string of the molecule is NC1(CC(=O)Nc2cccc(Cl)c2Cl)CCCCC1. The van der Waals surface area contributed by atoms with Crippen LogP contribution in [0.4, 0.5) is 5.69 Å². The molecule has 0 aliphatic heterocycles. The van der Waals surface area contributed by atoms with E-state index in [4.69, 9.17) is 28.9 Å². The van der Waals surface area contributed by atoms with E-state index in [0.717, 1.165) is 25.7 Å². The maximum atomic E-state index is 12.1. The van der Waals surface area contributed by atoms with Crippen LogP contribution >= 0.6 is 23.2 Å². The van der Waals surface area contributed by atoms with Crippen LogP contribution in [0.25, 0.3) is 0 Å². The summed E-state index contributed by atoms with van der Waals surface area (Å²) >= 11 is 11.9. The molecule has 1 aromatic rings. The van der Waals surface area contributed by atoms with Crippen molar-refractivity contribution in [3.05, 3.63) is 28.2 Å². The maximum absolute atomic E-state index is 12.1. The van der Waals surface area contributed by atoms with Crippen molar-refractivity contribution in [1.82, 2.24) is 0 Å². The lowest BCUT2D eigenvalue weighted by Gasteiger charge is -2.32. The molecule has 1 saturated carbocycles. The molecule has 19 heavy (non-hydrogen) atoms. The fraction of sp³-hybridized carbons (Fsp3) is 0.500. The summed E-state index contributed by atoms with van der Waals surface area (Å²) in [5.41, 5.74) is 6.43. The Labute approximate surface area is 123 Å². The third-order valence-electron chi connectivity index (χ3n) is 3.59. The standard InChI is InChI=1S/C14H18Cl2N2O/c15-10-5-4-6-11(13(10)16)18-12(19)9-14(17)7-2-1-3-8-14/h4-6H,1-3,7-9,17H2,(H,18,19). The van der Waals surface area contributed by atoms with E-state index in [9.17, 15) is 4.79 Å². The Morgan fingerprint density at radius 1 is 1.26 bits per heavy atom. The Hall–Kier alpha value is -0.770. The fourth-order valence-electron chi connectivity index (χ4n) is 2.55. The molecule has 3 N–H and O–H groups in total. The number of hydrogen-bond donors (Lipinski definition) is 2. The summed E-state index contributed by atoms with van der Waals surface area (Å²) < 4.78 is 0. The summed E-state index contributed by atoms with van der Waals surface area (Å²) in [6.07, 6.45) is 5.55. The molecule has 1 fully saturated rings. The second-order valence-corrected chi connectivity index (χ2v) is 6.03. The molecule has 0 heterocycles. The van der Waals surface area contributed by atoms with Crippen molar-refractivity contribution >= 4 is 34.8 Å². The molecule has 0 aromatic heterocycles. The molecule has 0 bridgehead atoms. The van der Waals surface area contributed by atoms with Gasteiger partial charge in [0.1, 0.15) is 0 Å². The molecule has 3 nitrogen and oxygen atoms in total. The first-order valence-corrected chi connectivity index (χ1v) is 7.28. The summed E-state index contributed by atoms with van der Waals surface area (Å²) in [6, 6.07) is 5.17. The van der Waals surface area contributed by atoms with Crippen LogP contribution in [0.2, 0.25) is 10.0 Å². The van der Waals surface area contributed by atoms with E-state index in [1.165, 1.54) is 6.42 Å². The van der Waals surface area contributed by atoms with Crippen LogP contribution in [0.1, 0.15) is 38.5 Å². The maximum Gasteiger partial charge on any atom is 0.226 e. The average molecular weight is 301 g/mol. The fourth-order valence-corrected chi connectivity index (χ4v) is 2.89. The Balaban J connectivity index is 1.99. The van der Waals surface area contributed by atoms with Crippen LogP contribution in [0.15, 0.2) is 18.2 Å². The molecule has 0 radical (unpaired) electrons. The molecule has 0 unspecified atom stereocenters. The lowest BCUT2D eigenvalue weighted by atomic mass is 9.80. The number of benzene rings is 1. The Bertz CT molecular complexity index is 471. The highest BCUT2D eigenvalue weighted by molar-refractivity contribution is 6.43. The average Bonchev–Trinajstić information content (AvgIpc) is 2.35. The van der Waals surface area contributed by atoms with Gasteiger partial charge in [-0.05, 0) is 25.0 Å². The van der Waals surface area contributed by atoms with Crippen LogP contribution in [0.5, 0.6) is 0 Å². The van der Waals surface area contributed by atoms with Gasteiger partial charge in [-0.3, -0.25) is 4.79 Å². The highest BCUT2D eigenvalue weighted by atomic mass is 35.5. The quantitative estimate of drug-likeness (QED) is 0.887. The first-order valence-electron chi connectivity index (χ1n) is 6.53. The number of carbonyl (C=O) groups excluding carboxylic acids is 1. The minimum atomic E-state index is -0.368. The van der Waals surface area contributed by atoms with Crippen molar-refractivity contribution in [2.24, 2.45) is 5.73 Å². The first kappa shape index (κ1) is 14.6. The normalized spacial score (nSPS) is 18.1. The van der Waals surface area contributed by atoms with Gasteiger partial charge in [0.15, 0.2) is 0 Å². The molecule has 1 aliphatic carbocycles. The van der Waals surface area contributed by atoms with Gasteiger partial charge in [-0.2, -0.15) is 0 Å². The molecule has 1 amide bonds. The third kappa shape index (κ3) is 3.85. The van der Waals surface area contributed by atoms with Gasteiger partial charge in [0.25, 0.3) is 0 Å². The predicted octanol–water partition coefficient (Wildman–Crippen LogP) is 3.98. The van der Waals surface area contributed by atoms with Gasteiger partial charge in [-0.15, -0.1) is 0 Å². The molecule has 2 rings (SSSR count). The molecule has 104 valence electrons. The van der Waals surface area contributed by atoms with Gasteiger partial charge in [0.2, 0.25) is 5.91 Å². The summed E-state index contributed by atoms with van der Waals surface area (Å²) in [5, 5.41) is 3.59. The van der Waals surface area contributed by atoms with Crippen molar-refractivity contribution in [1.29, 1.82) is 0 Å². The number of amides is 1. The second-order valence-electron chi connectivity index (χ2n) is 5.25. The highest BCUT2D eigenvalue weighted by Gasteiger charge is 2.30. The van der Waals surface area contributed by atoms with E-state index in [-0.39, 0.29) is 11.4 Å². The Kier molecular flexibility index (Phi) is 4.71. The van der Waals surface area contributed by atoms with Crippen molar-refractivity contribution in [2.45, 2.75) is 44.1 Å². The van der Waals surface area contributed by atoms with E-state index >= 15 is 0 Å². The van der Waals surface area contributed by atoms with Gasteiger partial charge in [0.05, 0.1) is 15.7 Å². The summed E-state index contributed by atoms with van der Waals surface area (Å²) in [7, 11) is 0. The number of hydrogen-bond acceptors (Lipinski definition) is 2. The summed E-state index contributed by atoms with van der Waals surface area (Å²) in [4.78, 5) is 12.1. The topological polar surface area (TPSA) is 55.1 Å². The lowest BCUT2D eigenvalue weighted by Crippen LogP contribution is -2.44. The van der Waals surface area contributed by atoms with Gasteiger partial charge in [-0.25, -0.2) is 0 Å². The predicted molar refractivity (Wildman–Crippen MR) is 79.7 cm³/mol. The molecule has 1 aliphatic rings. The molecule has 5 heteroatoms. The largest absolute Gasteiger partial charge is 0.325 e. The van der Waals surface area contributed by atoms with Crippen LogP contribution in [0.3, 0.4) is 0 Å². The molecule has 0 saturated heterocycles. The zero-order valence-corrected chi connectivity index (χ0v) is 12.2. The van der Waals surface area contributed by atoms with Gasteiger partial charge < -0.3 is 11.1 Å². The van der Waals surface area contributed by atoms with E-state index in [2.05, 4.69) is 5.32 Å². The molecular formula is C14H18Cl2N2O. The zero-order valence-electron chi connectivity index (χ0n) is 10.7.